The Morgan fingerprint density at radius 1 is 1.31 bits per heavy atom. The van der Waals surface area contributed by atoms with Gasteiger partial charge in [0.2, 0.25) is 0 Å². The molecule has 1 aromatic carbocycles. The SMILES string of the molecule is CNC(=O)COc1cc2c(F)c(Nc3nc(N4CC[I-]CC4)ncc3Cl)ccc2n(C(C)C)c1=O. The number of carbonyl (C=O) groups excluding carboxylic acids is 1. The van der Waals surface area contributed by atoms with Gasteiger partial charge in [-0.2, -0.15) is 0 Å². The topological polar surface area (TPSA) is 101 Å². The summed E-state index contributed by atoms with van der Waals surface area (Å²) in [5.74, 6) is -0.258. The first-order chi connectivity index (χ1) is 16.8. The van der Waals surface area contributed by atoms with Crippen molar-refractivity contribution in [1.29, 1.82) is 0 Å². The van der Waals surface area contributed by atoms with Crippen LogP contribution in [0.5, 0.6) is 5.75 Å². The van der Waals surface area contributed by atoms with E-state index in [1.165, 1.54) is 32.7 Å². The van der Waals surface area contributed by atoms with E-state index >= 15 is 4.39 Å². The van der Waals surface area contributed by atoms with Gasteiger partial charge < -0.3 is 10.1 Å². The molecular formula is C23H26ClFIN6O3-. The minimum atomic E-state index is -0.597. The normalized spacial score (nSPS) is 14.1. The number of fused-ring (bicyclic) bond motifs is 1. The second-order valence-electron chi connectivity index (χ2n) is 8.14. The van der Waals surface area contributed by atoms with Gasteiger partial charge in [0.05, 0.1) is 0 Å². The summed E-state index contributed by atoms with van der Waals surface area (Å²) < 4.78 is 25.0. The van der Waals surface area contributed by atoms with E-state index in [1.807, 2.05) is 13.8 Å². The molecule has 2 N–H and O–H groups in total. The molecule has 188 valence electrons. The first kappa shape index (κ1) is 25.4. The second-order valence-corrected chi connectivity index (χ2v) is 11.8. The molecule has 4 rings (SSSR count). The Labute approximate surface area is 217 Å². The van der Waals surface area contributed by atoms with Gasteiger partial charge in [0.25, 0.3) is 11.5 Å². The third-order valence-corrected chi connectivity index (χ3v) is 8.29. The van der Waals surface area contributed by atoms with Gasteiger partial charge in [0.15, 0.2) is 6.61 Å². The van der Waals surface area contributed by atoms with Crippen molar-refractivity contribution in [2.75, 3.05) is 45.8 Å². The van der Waals surface area contributed by atoms with Crippen LogP contribution in [0, 0.1) is 5.82 Å². The molecule has 0 aliphatic carbocycles. The number of nitrogens with zero attached hydrogens (tertiary/aromatic N) is 4. The third-order valence-electron chi connectivity index (χ3n) is 5.52. The maximum absolute atomic E-state index is 15.8. The molecule has 0 unspecified atom stereocenters. The fourth-order valence-corrected chi connectivity index (χ4v) is 6.26. The standard InChI is InChI=1S/C23H26ClFIN6O3/c1-13(2)32-17-5-4-16(20(25)14(17)10-18(22(32)34)35-12-19(33)27-3)29-21-15(24)11-28-23(30-21)31-8-6-26-7-9-31/h4-5,10-11,13H,6-9,12H2,1-3H3,(H,27,33)(H,28,29,30)/q-1. The number of carbonyl (C=O) groups is 1. The number of hydrogen-bond donors (Lipinski definition) is 2. The molecule has 12 heteroatoms. The van der Waals surface area contributed by atoms with E-state index < -0.39 is 17.3 Å². The summed E-state index contributed by atoms with van der Waals surface area (Å²) in [5.41, 5.74) is 0.107. The van der Waals surface area contributed by atoms with Crippen LogP contribution in [-0.2, 0) is 4.79 Å². The van der Waals surface area contributed by atoms with Crippen molar-refractivity contribution in [3.8, 4) is 5.75 Å². The number of pyridine rings is 1. The average Bonchev–Trinajstić information content (AvgIpc) is 2.86. The molecular weight excluding hydrogens is 590 g/mol. The fraction of sp³-hybridized carbons (Fsp3) is 0.391. The summed E-state index contributed by atoms with van der Waals surface area (Å²) in [4.78, 5) is 35.6. The van der Waals surface area contributed by atoms with Crippen molar-refractivity contribution in [2.45, 2.75) is 19.9 Å². The number of halogens is 3. The summed E-state index contributed by atoms with van der Waals surface area (Å²) in [6.07, 6.45) is 1.51. The minimum absolute atomic E-state index is 0.110. The van der Waals surface area contributed by atoms with Crippen LogP contribution in [0.15, 0.2) is 29.2 Å². The molecule has 3 aromatic rings. The zero-order valence-electron chi connectivity index (χ0n) is 19.6. The van der Waals surface area contributed by atoms with Gasteiger partial charge in [-0.3, -0.25) is 9.59 Å². The summed E-state index contributed by atoms with van der Waals surface area (Å²) in [5, 5.41) is 5.84. The zero-order chi connectivity index (χ0) is 25.1. The van der Waals surface area contributed by atoms with E-state index in [9.17, 15) is 9.59 Å². The van der Waals surface area contributed by atoms with Crippen LogP contribution in [-0.4, -0.2) is 56.0 Å². The number of benzene rings is 1. The minimum Gasteiger partial charge on any atom is -0.265 e. The summed E-state index contributed by atoms with van der Waals surface area (Å²) in [7, 11) is 1.46. The predicted molar refractivity (Wildman–Crippen MR) is 130 cm³/mol. The van der Waals surface area contributed by atoms with E-state index in [1.54, 1.807) is 12.1 Å². The Balaban J connectivity index is 1.74. The Morgan fingerprint density at radius 3 is 2.74 bits per heavy atom. The van der Waals surface area contributed by atoms with Crippen LogP contribution in [0.3, 0.4) is 0 Å². The van der Waals surface area contributed by atoms with Crippen molar-refractivity contribution in [1.82, 2.24) is 19.9 Å². The van der Waals surface area contributed by atoms with Crippen LogP contribution in [0.25, 0.3) is 10.9 Å². The summed E-state index contributed by atoms with van der Waals surface area (Å²) >= 11 is 6.58. The Kier molecular flexibility index (Phi) is 7.95. The van der Waals surface area contributed by atoms with Gasteiger partial charge in [-0.1, -0.05) is 0 Å². The molecule has 1 amide bonds. The number of alkyl halides is 2. The van der Waals surface area contributed by atoms with Crippen molar-refractivity contribution >= 4 is 45.9 Å². The Morgan fingerprint density at radius 2 is 2.06 bits per heavy atom. The molecule has 35 heavy (non-hydrogen) atoms. The van der Waals surface area contributed by atoms with Crippen LogP contribution in [0.4, 0.5) is 21.8 Å². The van der Waals surface area contributed by atoms with Gasteiger partial charge in [-0.05, 0) is 13.8 Å². The van der Waals surface area contributed by atoms with E-state index in [-0.39, 0.29) is 55.7 Å². The molecule has 0 spiro atoms. The molecule has 1 saturated heterocycles. The molecule has 0 saturated carbocycles. The Hall–Kier alpha value is -2.67. The van der Waals surface area contributed by atoms with Gasteiger partial charge >= 0.3 is 153 Å². The maximum atomic E-state index is 15.8. The monoisotopic (exact) mass is 615 g/mol. The van der Waals surface area contributed by atoms with E-state index in [4.69, 9.17) is 16.3 Å². The van der Waals surface area contributed by atoms with Crippen molar-refractivity contribution in [2.24, 2.45) is 0 Å². The Bertz CT molecular complexity index is 1310. The van der Waals surface area contributed by atoms with Crippen molar-refractivity contribution in [3.63, 3.8) is 0 Å². The average molecular weight is 616 g/mol. The van der Waals surface area contributed by atoms with Gasteiger partial charge in [-0.25, -0.2) is 0 Å². The second kappa shape index (κ2) is 10.9. The molecule has 1 aliphatic rings. The molecule has 9 nitrogen and oxygen atoms in total. The van der Waals surface area contributed by atoms with E-state index in [0.29, 0.717) is 17.3 Å². The number of aromatic nitrogens is 3. The van der Waals surface area contributed by atoms with E-state index in [2.05, 4.69) is 25.5 Å². The van der Waals surface area contributed by atoms with Gasteiger partial charge in [-0.15, -0.1) is 0 Å². The molecule has 0 bridgehead atoms. The van der Waals surface area contributed by atoms with Crippen LogP contribution in [0.2, 0.25) is 5.02 Å². The van der Waals surface area contributed by atoms with Crippen molar-refractivity contribution < 1.29 is 35.1 Å². The number of rotatable bonds is 7. The fourth-order valence-electron chi connectivity index (χ4n) is 3.73. The smallest absolute Gasteiger partial charge is 0.265 e. The number of likely N-dealkylation sites (N-methyl/N-ethyl adjacent to an activating group) is 1. The van der Waals surface area contributed by atoms with Crippen LogP contribution >= 0.6 is 11.6 Å². The number of anilines is 3. The zero-order valence-corrected chi connectivity index (χ0v) is 22.5. The number of hydrogen-bond acceptors (Lipinski definition) is 7. The molecule has 3 heterocycles. The van der Waals surface area contributed by atoms with Gasteiger partial charge in [0, 0.05) is 13.1 Å². The molecule has 1 aliphatic heterocycles. The number of ether oxygens (including phenoxy) is 1. The quantitative estimate of drug-likeness (QED) is 0.284. The molecule has 0 radical (unpaired) electrons. The predicted octanol–water partition coefficient (Wildman–Crippen LogP) is -0.0577. The van der Waals surface area contributed by atoms with Crippen molar-refractivity contribution in [3.05, 3.63) is 45.6 Å². The third kappa shape index (κ3) is 5.45. The number of amides is 1. The van der Waals surface area contributed by atoms with Crippen LogP contribution in [0.1, 0.15) is 19.9 Å². The van der Waals surface area contributed by atoms with Crippen LogP contribution < -0.4 is 47.0 Å². The summed E-state index contributed by atoms with van der Waals surface area (Å²) in [6, 6.07) is 4.26. The summed E-state index contributed by atoms with van der Waals surface area (Å²) in [6.45, 7) is 5.09. The number of nitrogens with one attached hydrogen (secondary N) is 2. The van der Waals surface area contributed by atoms with E-state index in [0.717, 1.165) is 13.1 Å². The molecule has 1 fully saturated rings. The molecule has 2 aromatic heterocycles. The molecule has 0 atom stereocenters. The first-order valence-corrected chi connectivity index (χ1v) is 14.5. The first-order valence-electron chi connectivity index (χ1n) is 11.1. The van der Waals surface area contributed by atoms with Gasteiger partial charge in [0.1, 0.15) is 0 Å².